The maximum atomic E-state index is 10.9. The van der Waals surface area contributed by atoms with Crippen molar-refractivity contribution in [2.75, 3.05) is 6.61 Å². The van der Waals surface area contributed by atoms with Crippen molar-refractivity contribution in [3.05, 3.63) is 54.6 Å². The number of carbonyl (C=O) groups is 1. The summed E-state index contributed by atoms with van der Waals surface area (Å²) in [5, 5.41) is 10.8. The lowest BCUT2D eigenvalue weighted by atomic mass is 10.1. The predicted octanol–water partition coefficient (Wildman–Crippen LogP) is 3.88. The number of unbranched alkanes of at least 4 members (excludes halogenated alkanes) is 1. The minimum Gasteiger partial charge on any atom is -0.494 e. The Kier molecular flexibility index (Phi) is 4.18. The zero-order valence-electron chi connectivity index (χ0n) is 10.6. The number of ether oxygens (including phenoxy) is 1. The Morgan fingerprint density at radius 1 is 1.21 bits per heavy atom. The van der Waals surface area contributed by atoms with E-state index in [0.29, 0.717) is 12.2 Å². The minimum atomic E-state index is -0.911. The smallest absolute Gasteiger partial charge is 0.335 e. The first-order valence-electron chi connectivity index (χ1n) is 6.21. The van der Waals surface area contributed by atoms with Crippen molar-refractivity contribution in [3.8, 4) is 5.75 Å². The summed E-state index contributed by atoms with van der Waals surface area (Å²) in [5.41, 5.74) is 0.298. The van der Waals surface area contributed by atoms with Crippen LogP contribution in [0, 0.1) is 0 Å². The normalized spacial score (nSPS) is 10.3. The number of hydrogen-bond donors (Lipinski definition) is 1. The molecular weight excluding hydrogens is 240 g/mol. The number of allylic oxidation sites excluding steroid dienone is 1. The third kappa shape index (κ3) is 3.35. The van der Waals surface area contributed by atoms with Crippen LogP contribution < -0.4 is 4.74 Å². The fraction of sp³-hybridized carbons (Fsp3) is 0.188. The van der Waals surface area contributed by atoms with Crippen molar-refractivity contribution in [2.24, 2.45) is 0 Å². The summed E-state index contributed by atoms with van der Waals surface area (Å²) >= 11 is 0. The van der Waals surface area contributed by atoms with Crippen LogP contribution in [0.1, 0.15) is 23.2 Å². The van der Waals surface area contributed by atoms with Crippen LogP contribution in [-0.2, 0) is 0 Å². The van der Waals surface area contributed by atoms with Crippen LogP contribution in [0.25, 0.3) is 10.8 Å². The Morgan fingerprint density at radius 3 is 2.68 bits per heavy atom. The van der Waals surface area contributed by atoms with E-state index < -0.39 is 5.97 Å². The van der Waals surface area contributed by atoms with Gasteiger partial charge in [-0.3, -0.25) is 0 Å². The van der Waals surface area contributed by atoms with Crippen molar-refractivity contribution in [1.29, 1.82) is 0 Å². The number of fused-ring (bicyclic) bond motifs is 1. The second kappa shape index (κ2) is 6.05. The Hall–Kier alpha value is -2.29. The summed E-state index contributed by atoms with van der Waals surface area (Å²) in [6.07, 6.45) is 3.76. The van der Waals surface area contributed by atoms with Crippen LogP contribution in [0.2, 0.25) is 0 Å². The first kappa shape index (κ1) is 13.1. The summed E-state index contributed by atoms with van der Waals surface area (Å²) < 4.78 is 5.63. The van der Waals surface area contributed by atoms with Crippen LogP contribution >= 0.6 is 0 Å². The molecule has 0 radical (unpaired) electrons. The highest BCUT2D eigenvalue weighted by molar-refractivity contribution is 5.94. The SMILES string of the molecule is C=CCCCOc1ccc2cc(C(=O)O)ccc2c1. The Balaban J connectivity index is 2.14. The van der Waals surface area contributed by atoms with Crippen LogP contribution in [0.5, 0.6) is 5.75 Å². The molecule has 0 aromatic heterocycles. The van der Waals surface area contributed by atoms with Gasteiger partial charge in [0.15, 0.2) is 0 Å². The fourth-order valence-electron chi connectivity index (χ4n) is 1.86. The maximum Gasteiger partial charge on any atom is 0.335 e. The van der Waals surface area contributed by atoms with Gasteiger partial charge in [-0.05, 0) is 47.9 Å². The van der Waals surface area contributed by atoms with Crippen molar-refractivity contribution >= 4 is 16.7 Å². The number of benzene rings is 2. The third-order valence-corrected chi connectivity index (χ3v) is 2.88. The summed E-state index contributed by atoms with van der Waals surface area (Å²) in [7, 11) is 0. The van der Waals surface area contributed by atoms with E-state index in [-0.39, 0.29) is 0 Å². The van der Waals surface area contributed by atoms with Crippen molar-refractivity contribution in [2.45, 2.75) is 12.8 Å². The third-order valence-electron chi connectivity index (χ3n) is 2.88. The van der Waals surface area contributed by atoms with E-state index in [0.717, 1.165) is 29.4 Å². The molecule has 3 nitrogen and oxygen atoms in total. The Bertz CT molecular complexity index is 602. The summed E-state index contributed by atoms with van der Waals surface area (Å²) in [4.78, 5) is 10.9. The van der Waals surface area contributed by atoms with Gasteiger partial charge in [0.05, 0.1) is 12.2 Å². The summed E-state index contributed by atoms with van der Waals surface area (Å²) in [5.74, 6) is -0.105. The molecule has 19 heavy (non-hydrogen) atoms. The summed E-state index contributed by atoms with van der Waals surface area (Å²) in [6, 6.07) is 10.7. The quantitative estimate of drug-likeness (QED) is 0.630. The highest BCUT2D eigenvalue weighted by Gasteiger charge is 2.04. The molecule has 98 valence electrons. The van der Waals surface area contributed by atoms with Crippen molar-refractivity contribution in [3.63, 3.8) is 0 Å². The van der Waals surface area contributed by atoms with Gasteiger partial charge in [-0.2, -0.15) is 0 Å². The molecular formula is C16H16O3. The van der Waals surface area contributed by atoms with E-state index in [2.05, 4.69) is 6.58 Å². The highest BCUT2D eigenvalue weighted by atomic mass is 16.5. The van der Waals surface area contributed by atoms with E-state index in [9.17, 15) is 4.79 Å². The number of carboxylic acid groups (broad SMARTS) is 1. The second-order valence-corrected chi connectivity index (χ2v) is 4.31. The van der Waals surface area contributed by atoms with Gasteiger partial charge in [-0.25, -0.2) is 4.79 Å². The van der Waals surface area contributed by atoms with Gasteiger partial charge < -0.3 is 9.84 Å². The lowest BCUT2D eigenvalue weighted by Crippen LogP contribution is -1.97. The number of hydrogen-bond acceptors (Lipinski definition) is 2. The fourth-order valence-corrected chi connectivity index (χ4v) is 1.86. The van der Waals surface area contributed by atoms with Crippen LogP contribution in [-0.4, -0.2) is 17.7 Å². The van der Waals surface area contributed by atoms with Gasteiger partial charge in [0.25, 0.3) is 0 Å². The second-order valence-electron chi connectivity index (χ2n) is 4.31. The molecule has 0 saturated heterocycles. The minimum absolute atomic E-state index is 0.298. The van der Waals surface area contributed by atoms with Gasteiger partial charge in [0, 0.05) is 0 Å². The van der Waals surface area contributed by atoms with Crippen LogP contribution in [0.3, 0.4) is 0 Å². The molecule has 2 aromatic carbocycles. The van der Waals surface area contributed by atoms with Gasteiger partial charge in [-0.15, -0.1) is 6.58 Å². The molecule has 0 saturated carbocycles. The molecule has 0 aliphatic heterocycles. The lowest BCUT2D eigenvalue weighted by Gasteiger charge is -2.07. The standard InChI is InChI=1S/C16H16O3/c1-2-3-4-9-19-15-8-7-12-10-14(16(17)18)6-5-13(12)11-15/h2,5-8,10-11H,1,3-4,9H2,(H,17,18). The molecule has 1 N–H and O–H groups in total. The van der Waals surface area contributed by atoms with Gasteiger partial charge in [0.2, 0.25) is 0 Å². The zero-order chi connectivity index (χ0) is 13.7. The van der Waals surface area contributed by atoms with E-state index >= 15 is 0 Å². The van der Waals surface area contributed by atoms with Gasteiger partial charge in [-0.1, -0.05) is 18.2 Å². The highest BCUT2D eigenvalue weighted by Crippen LogP contribution is 2.22. The first-order chi connectivity index (χ1) is 9.20. The maximum absolute atomic E-state index is 10.9. The van der Waals surface area contributed by atoms with Crippen molar-refractivity contribution in [1.82, 2.24) is 0 Å². The average Bonchev–Trinajstić information content (AvgIpc) is 2.43. The van der Waals surface area contributed by atoms with Gasteiger partial charge in [0.1, 0.15) is 5.75 Å². The van der Waals surface area contributed by atoms with E-state index in [1.165, 1.54) is 0 Å². The molecule has 0 bridgehead atoms. The largest absolute Gasteiger partial charge is 0.494 e. The monoisotopic (exact) mass is 256 g/mol. The molecule has 0 aliphatic carbocycles. The van der Waals surface area contributed by atoms with Crippen molar-refractivity contribution < 1.29 is 14.6 Å². The molecule has 2 aromatic rings. The molecule has 0 aliphatic rings. The predicted molar refractivity (Wildman–Crippen MR) is 75.8 cm³/mol. The molecule has 0 atom stereocenters. The van der Waals surface area contributed by atoms with E-state index in [4.69, 9.17) is 9.84 Å². The average molecular weight is 256 g/mol. The molecule has 0 fully saturated rings. The molecule has 0 spiro atoms. The summed E-state index contributed by atoms with van der Waals surface area (Å²) in [6.45, 7) is 4.32. The molecule has 0 amide bonds. The lowest BCUT2D eigenvalue weighted by molar-refractivity contribution is 0.0697. The molecule has 3 heteroatoms. The van der Waals surface area contributed by atoms with Crippen LogP contribution in [0.4, 0.5) is 0 Å². The Labute approximate surface area is 112 Å². The number of rotatable bonds is 6. The number of aromatic carboxylic acids is 1. The van der Waals surface area contributed by atoms with E-state index in [1.807, 2.05) is 24.3 Å². The first-order valence-corrected chi connectivity index (χ1v) is 6.21. The molecule has 2 rings (SSSR count). The Morgan fingerprint density at radius 2 is 1.95 bits per heavy atom. The van der Waals surface area contributed by atoms with E-state index in [1.54, 1.807) is 18.2 Å². The number of carboxylic acids is 1. The van der Waals surface area contributed by atoms with Crippen LogP contribution in [0.15, 0.2) is 49.1 Å². The molecule has 0 heterocycles. The zero-order valence-corrected chi connectivity index (χ0v) is 10.6. The topological polar surface area (TPSA) is 46.5 Å². The molecule has 0 unspecified atom stereocenters. The van der Waals surface area contributed by atoms with Gasteiger partial charge >= 0.3 is 5.97 Å².